The van der Waals surface area contributed by atoms with Gasteiger partial charge in [-0.2, -0.15) is 0 Å². The van der Waals surface area contributed by atoms with Gasteiger partial charge < -0.3 is 36.1 Å². The van der Waals surface area contributed by atoms with E-state index in [2.05, 4.69) is 29.4 Å². The normalized spacial score (nSPS) is 19.9. The monoisotopic (exact) mass is 687 g/mol. The van der Waals surface area contributed by atoms with Gasteiger partial charge in [-0.25, -0.2) is 4.39 Å². The van der Waals surface area contributed by atoms with E-state index in [0.717, 1.165) is 86.6 Å². The molecule has 1 amide bonds. The number of pyridine rings is 1. The van der Waals surface area contributed by atoms with Gasteiger partial charge in [-0.15, -0.1) is 8.86 Å². The smallest absolute Gasteiger partial charge is 0.253 e. The molecule has 2 unspecified atom stereocenters. The van der Waals surface area contributed by atoms with Gasteiger partial charge in [0.15, 0.2) is 17.5 Å². The summed E-state index contributed by atoms with van der Waals surface area (Å²) in [5, 5.41) is 9.88. The molecule has 1 aromatic heterocycles. The molecule has 6 N–H and O–H groups in total. The number of guanidine groups is 1. The second kappa shape index (κ2) is 16.0. The molecule has 2 aliphatic heterocycles. The summed E-state index contributed by atoms with van der Waals surface area (Å²) in [6, 6.07) is 12.0. The SMILES string of the molecule is C/C=c1/c(=P)c(C(=O)NCC2CCCC(CN=C(N)N)C2)cn2c1=C(/C(=C/F)NCCCN1CCOCC1)Oc1cc3ccccc3cc1-2. The minimum Gasteiger partial charge on any atom is -0.451 e. The number of ether oxygens (including phenoxy) is 2. The molecule has 6 rings (SSSR count). The number of nitrogens with zero attached hydrogens (tertiary/aromatic N) is 3. The number of carbonyl (C=O) groups excluding carboxylic acids is 1. The highest BCUT2D eigenvalue weighted by Gasteiger charge is 2.26. The minimum atomic E-state index is -0.187. The molecule has 2 atom stereocenters. The van der Waals surface area contributed by atoms with Crippen molar-refractivity contribution >= 4 is 43.3 Å². The number of nitrogens with two attached hydrogens (primary N) is 2. The van der Waals surface area contributed by atoms with Crippen LogP contribution >= 0.6 is 8.86 Å². The number of hydrogen-bond acceptors (Lipinski definition) is 6. The van der Waals surface area contributed by atoms with Crippen LogP contribution in [0.2, 0.25) is 0 Å². The Morgan fingerprint density at radius 2 is 1.88 bits per heavy atom. The maximum absolute atomic E-state index is 14.8. The third-order valence-electron chi connectivity index (χ3n) is 9.74. The van der Waals surface area contributed by atoms with Crippen molar-refractivity contribution < 1.29 is 18.7 Å². The molecule has 0 spiro atoms. The fourth-order valence-electron chi connectivity index (χ4n) is 7.18. The maximum atomic E-state index is 14.8. The number of aliphatic imine (C=N–C) groups is 1. The lowest BCUT2D eigenvalue weighted by atomic mass is 9.81. The first-order valence-electron chi connectivity index (χ1n) is 17.3. The topological polar surface area (TPSA) is 132 Å². The van der Waals surface area contributed by atoms with Crippen LogP contribution in [0, 0.1) is 16.8 Å². The van der Waals surface area contributed by atoms with Crippen molar-refractivity contribution in [2.45, 2.75) is 39.0 Å². The first kappa shape index (κ1) is 34.7. The fourth-order valence-corrected chi connectivity index (χ4v) is 7.62. The van der Waals surface area contributed by atoms with E-state index in [1.807, 2.05) is 60.2 Å². The summed E-state index contributed by atoms with van der Waals surface area (Å²) in [5.41, 5.74) is 12.6. The lowest BCUT2D eigenvalue weighted by Crippen LogP contribution is -2.44. The number of morpholine rings is 1. The number of fused-ring (bicyclic) bond motifs is 4. The third kappa shape index (κ3) is 8.01. The zero-order valence-corrected chi connectivity index (χ0v) is 29.1. The van der Waals surface area contributed by atoms with E-state index in [-0.39, 0.29) is 17.6 Å². The Morgan fingerprint density at radius 1 is 1.12 bits per heavy atom. The first-order chi connectivity index (χ1) is 23.9. The van der Waals surface area contributed by atoms with Crippen molar-refractivity contribution in [2.75, 3.05) is 52.5 Å². The van der Waals surface area contributed by atoms with Crippen LogP contribution in [-0.2, 0) is 4.74 Å². The van der Waals surface area contributed by atoms with Crippen LogP contribution in [0.25, 0.3) is 28.3 Å². The molecule has 0 radical (unpaired) electrons. The van der Waals surface area contributed by atoms with Gasteiger partial charge in [-0.1, -0.05) is 36.8 Å². The van der Waals surface area contributed by atoms with Crippen molar-refractivity contribution in [1.29, 1.82) is 0 Å². The second-order valence-electron chi connectivity index (χ2n) is 13.1. The van der Waals surface area contributed by atoms with Gasteiger partial charge in [-0.3, -0.25) is 14.7 Å². The van der Waals surface area contributed by atoms with E-state index >= 15 is 0 Å². The zero-order valence-electron chi connectivity index (χ0n) is 28.1. The summed E-state index contributed by atoms with van der Waals surface area (Å²) >= 11 is 0. The summed E-state index contributed by atoms with van der Waals surface area (Å²) in [4.78, 5) is 21.1. The quantitative estimate of drug-likeness (QED) is 0.105. The number of aromatic nitrogens is 1. The molecule has 3 heterocycles. The van der Waals surface area contributed by atoms with E-state index < -0.39 is 0 Å². The number of rotatable bonds is 11. The van der Waals surface area contributed by atoms with Gasteiger partial charge in [0, 0.05) is 49.1 Å². The Labute approximate surface area is 288 Å². The van der Waals surface area contributed by atoms with Gasteiger partial charge in [-0.05, 0) is 73.9 Å². The minimum absolute atomic E-state index is 0.113. The summed E-state index contributed by atoms with van der Waals surface area (Å²) < 4.78 is 28.8. The van der Waals surface area contributed by atoms with E-state index in [1.165, 1.54) is 0 Å². The summed E-state index contributed by atoms with van der Waals surface area (Å²) in [6.07, 6.45) is 9.30. The highest BCUT2D eigenvalue weighted by molar-refractivity contribution is 7.07. The van der Waals surface area contributed by atoms with Crippen LogP contribution in [0.4, 0.5) is 4.39 Å². The number of carbonyl (C=O) groups is 1. The number of hydrogen-bond donors (Lipinski definition) is 4. The lowest BCUT2D eigenvalue weighted by Gasteiger charge is -2.28. The molecule has 3 aromatic rings. The lowest BCUT2D eigenvalue weighted by molar-refractivity contribution is 0.0375. The molecule has 1 saturated heterocycles. The Hall–Kier alpha value is -4.18. The molecule has 1 saturated carbocycles. The highest BCUT2D eigenvalue weighted by atomic mass is 31.0. The van der Waals surface area contributed by atoms with Crippen LogP contribution in [0.1, 0.15) is 49.4 Å². The largest absolute Gasteiger partial charge is 0.451 e. The Morgan fingerprint density at radius 3 is 2.61 bits per heavy atom. The Balaban J connectivity index is 1.33. The van der Waals surface area contributed by atoms with Gasteiger partial charge in [0.25, 0.3) is 5.91 Å². The van der Waals surface area contributed by atoms with Crippen LogP contribution in [0.3, 0.4) is 0 Å². The van der Waals surface area contributed by atoms with E-state index in [4.69, 9.17) is 20.9 Å². The molecule has 1 aliphatic carbocycles. The van der Waals surface area contributed by atoms with Crippen molar-refractivity contribution in [3.63, 3.8) is 0 Å². The van der Waals surface area contributed by atoms with Gasteiger partial charge >= 0.3 is 0 Å². The van der Waals surface area contributed by atoms with Crippen LogP contribution in [0.15, 0.2) is 59.6 Å². The summed E-state index contributed by atoms with van der Waals surface area (Å²) in [6.45, 7) is 7.81. The Bertz CT molecular complexity index is 1930. The zero-order chi connectivity index (χ0) is 34.3. The summed E-state index contributed by atoms with van der Waals surface area (Å²) in [7, 11) is 3.82. The molecule has 2 fully saturated rings. The molecule has 12 heteroatoms. The standard InChI is InChI=1S/C37H47FN7O3P/c1-2-28-33-34(30(20-38)41-11-6-12-44-13-15-47-16-14-44)48-32-19-27-10-4-3-9-26(27)18-31(32)45(33)23-29(35(28)49)36(46)42-21-24-7-5-8-25(17-24)22-43-37(39)40/h2-4,9-10,18-20,23-25,41,49H,5-8,11-17,21-22H2,1H3,(H,42,46)(H4,39,40,43)/b28-2+,30-20-. The van der Waals surface area contributed by atoms with E-state index in [9.17, 15) is 9.18 Å². The third-order valence-corrected chi connectivity index (χ3v) is 10.3. The highest BCUT2D eigenvalue weighted by Crippen LogP contribution is 2.33. The average Bonchev–Trinajstić information content (AvgIpc) is 3.12. The average molecular weight is 688 g/mol. The predicted molar refractivity (Wildman–Crippen MR) is 196 cm³/mol. The second-order valence-corrected chi connectivity index (χ2v) is 13.6. The van der Waals surface area contributed by atoms with Crippen LogP contribution in [-0.4, -0.2) is 73.8 Å². The molecular formula is C37H47FN7O3P. The van der Waals surface area contributed by atoms with E-state index in [0.29, 0.717) is 65.2 Å². The maximum Gasteiger partial charge on any atom is 0.253 e. The van der Waals surface area contributed by atoms with Crippen LogP contribution in [0.5, 0.6) is 5.75 Å². The summed E-state index contributed by atoms with van der Waals surface area (Å²) in [5.74, 6) is 1.59. The van der Waals surface area contributed by atoms with Gasteiger partial charge in [0.2, 0.25) is 0 Å². The molecule has 2 aromatic carbocycles. The number of halogens is 1. The molecule has 260 valence electrons. The molecular weight excluding hydrogens is 640 g/mol. The molecule has 10 nitrogen and oxygen atoms in total. The molecule has 3 aliphatic rings. The number of benzene rings is 2. The molecule has 0 bridgehead atoms. The Kier molecular flexibility index (Phi) is 11.3. The number of amides is 1. The van der Waals surface area contributed by atoms with Crippen molar-refractivity contribution in [2.24, 2.45) is 28.3 Å². The van der Waals surface area contributed by atoms with Gasteiger partial charge in [0.05, 0.1) is 29.8 Å². The first-order valence-corrected chi connectivity index (χ1v) is 17.8. The fraction of sp³-hybridized carbons (Fsp3) is 0.432. The van der Waals surface area contributed by atoms with Gasteiger partial charge in [0.1, 0.15) is 12.0 Å². The van der Waals surface area contributed by atoms with Crippen LogP contribution < -0.4 is 37.4 Å². The number of nitrogens with one attached hydrogen (secondary N) is 2. The van der Waals surface area contributed by atoms with Crippen molar-refractivity contribution in [3.8, 4) is 11.4 Å². The van der Waals surface area contributed by atoms with E-state index in [1.54, 1.807) is 0 Å². The molecule has 49 heavy (non-hydrogen) atoms. The predicted octanol–water partition coefficient (Wildman–Crippen LogP) is 3.54. The van der Waals surface area contributed by atoms with Crippen molar-refractivity contribution in [1.82, 2.24) is 20.1 Å². The van der Waals surface area contributed by atoms with Crippen molar-refractivity contribution in [3.05, 3.63) is 75.7 Å².